The number of hydrogen-bond donors (Lipinski definition) is 2. The van der Waals surface area contributed by atoms with Gasteiger partial charge in [-0.2, -0.15) is 13.2 Å². The first kappa shape index (κ1) is 25.7. The number of aliphatic carboxylic acids is 1. The average Bonchev–Trinajstić information content (AvgIpc) is 2.57. The number of hydrogen-bond acceptors (Lipinski definition) is 3. The second kappa shape index (κ2) is 15.9. The van der Waals surface area contributed by atoms with E-state index < -0.39 is 12.1 Å². The molecular formula is C16H17Cl2F3O3S. The molecule has 1 N–H and O–H groups in total. The summed E-state index contributed by atoms with van der Waals surface area (Å²) in [7, 11) is 1.66. The van der Waals surface area contributed by atoms with E-state index in [9.17, 15) is 13.2 Å². The number of benzene rings is 2. The molecule has 3 nitrogen and oxygen atoms in total. The second-order valence-corrected chi connectivity index (χ2v) is 5.08. The highest BCUT2D eigenvalue weighted by atomic mass is 35.5. The number of thiol groups is 1. The molecule has 25 heavy (non-hydrogen) atoms. The van der Waals surface area contributed by atoms with Gasteiger partial charge in [-0.1, -0.05) is 36.4 Å². The van der Waals surface area contributed by atoms with Crippen LogP contribution in [-0.4, -0.2) is 29.7 Å². The van der Waals surface area contributed by atoms with Gasteiger partial charge in [0, 0.05) is 4.90 Å². The number of carbonyl (C=O) groups is 1. The van der Waals surface area contributed by atoms with Gasteiger partial charge >= 0.3 is 12.1 Å². The zero-order chi connectivity index (χ0) is 19.7. The molecule has 0 amide bonds. The SMILES string of the molecule is COc1ccccc1.ClCCl.O=C(O)C(F)(F)F.Sc1ccccc1. The zero-order valence-electron chi connectivity index (χ0n) is 13.1. The number of rotatable bonds is 1. The van der Waals surface area contributed by atoms with E-state index in [0.717, 1.165) is 10.6 Å². The van der Waals surface area contributed by atoms with Gasteiger partial charge in [0.2, 0.25) is 0 Å². The van der Waals surface area contributed by atoms with Crippen LogP contribution in [-0.2, 0) is 4.79 Å². The van der Waals surface area contributed by atoms with Crippen LogP contribution in [0.3, 0.4) is 0 Å². The molecule has 0 fully saturated rings. The molecule has 0 aliphatic heterocycles. The summed E-state index contributed by atoms with van der Waals surface area (Å²) < 4.78 is 36.7. The van der Waals surface area contributed by atoms with Crippen LogP contribution in [0.5, 0.6) is 5.75 Å². The van der Waals surface area contributed by atoms with Gasteiger partial charge in [-0.25, -0.2) is 4.79 Å². The highest BCUT2D eigenvalue weighted by Crippen LogP contribution is 2.13. The molecule has 2 aromatic carbocycles. The van der Waals surface area contributed by atoms with E-state index in [1.54, 1.807) is 7.11 Å². The maximum Gasteiger partial charge on any atom is 0.490 e. The lowest BCUT2D eigenvalue weighted by Crippen LogP contribution is -2.21. The molecule has 140 valence electrons. The molecular weight excluding hydrogens is 400 g/mol. The highest BCUT2D eigenvalue weighted by molar-refractivity contribution is 7.80. The number of carboxylic acids is 1. The van der Waals surface area contributed by atoms with Crippen molar-refractivity contribution >= 4 is 41.8 Å². The molecule has 0 saturated carbocycles. The Morgan fingerprint density at radius 1 is 1.04 bits per heavy atom. The molecule has 2 rings (SSSR count). The van der Waals surface area contributed by atoms with Crippen molar-refractivity contribution in [2.75, 3.05) is 12.4 Å². The average molecular weight is 417 g/mol. The van der Waals surface area contributed by atoms with E-state index in [-0.39, 0.29) is 5.34 Å². The topological polar surface area (TPSA) is 46.5 Å². The zero-order valence-corrected chi connectivity index (χ0v) is 15.5. The van der Waals surface area contributed by atoms with Crippen LogP contribution in [0, 0.1) is 0 Å². The quantitative estimate of drug-likeness (QED) is 0.461. The van der Waals surface area contributed by atoms with Gasteiger partial charge in [0.15, 0.2) is 0 Å². The summed E-state index contributed by atoms with van der Waals surface area (Å²) in [6.07, 6.45) is -5.08. The van der Waals surface area contributed by atoms with E-state index in [0.29, 0.717) is 0 Å². The maximum absolute atomic E-state index is 10.6. The van der Waals surface area contributed by atoms with Crippen molar-refractivity contribution < 1.29 is 27.8 Å². The summed E-state index contributed by atoms with van der Waals surface area (Å²) in [4.78, 5) is 9.91. The first-order valence-electron chi connectivity index (χ1n) is 6.44. The Kier molecular flexibility index (Phi) is 16.4. The Morgan fingerprint density at radius 3 is 1.52 bits per heavy atom. The van der Waals surface area contributed by atoms with Crippen molar-refractivity contribution in [3.05, 3.63) is 60.7 Å². The van der Waals surface area contributed by atoms with Crippen molar-refractivity contribution in [3.8, 4) is 5.75 Å². The van der Waals surface area contributed by atoms with Gasteiger partial charge in [0.25, 0.3) is 0 Å². The normalized spacial score (nSPS) is 9.08. The summed E-state index contributed by atoms with van der Waals surface area (Å²) in [5.74, 6) is -1.85. The molecule has 0 bridgehead atoms. The number of para-hydroxylation sites is 1. The van der Waals surface area contributed by atoms with Crippen LogP contribution in [0.25, 0.3) is 0 Å². The molecule has 0 atom stereocenters. The lowest BCUT2D eigenvalue weighted by Gasteiger charge is -1.93. The Morgan fingerprint density at radius 2 is 1.36 bits per heavy atom. The predicted molar refractivity (Wildman–Crippen MR) is 97.0 cm³/mol. The van der Waals surface area contributed by atoms with E-state index in [1.165, 1.54) is 0 Å². The van der Waals surface area contributed by atoms with Gasteiger partial charge in [0.1, 0.15) is 5.75 Å². The van der Waals surface area contributed by atoms with E-state index >= 15 is 0 Å². The predicted octanol–water partition coefficient (Wildman–Crippen LogP) is 5.73. The summed E-state index contributed by atoms with van der Waals surface area (Å²) >= 11 is 13.6. The van der Waals surface area contributed by atoms with E-state index in [1.807, 2.05) is 60.7 Å². The van der Waals surface area contributed by atoms with Crippen molar-refractivity contribution in [2.45, 2.75) is 11.1 Å². The molecule has 0 aliphatic carbocycles. The van der Waals surface area contributed by atoms with Crippen LogP contribution >= 0.6 is 35.8 Å². The monoisotopic (exact) mass is 416 g/mol. The molecule has 0 aromatic heterocycles. The Hall–Kier alpha value is -1.57. The Labute approximate surface area is 159 Å². The molecule has 0 aliphatic rings. The summed E-state index contributed by atoms with van der Waals surface area (Å²) in [5.41, 5.74) is 0. The number of alkyl halides is 5. The summed E-state index contributed by atoms with van der Waals surface area (Å²) in [6.45, 7) is 0. The molecule has 0 heterocycles. The van der Waals surface area contributed by atoms with Crippen molar-refractivity contribution in [2.24, 2.45) is 0 Å². The van der Waals surface area contributed by atoms with Crippen LogP contribution in [0.1, 0.15) is 0 Å². The van der Waals surface area contributed by atoms with Crippen LogP contribution in [0.15, 0.2) is 65.6 Å². The van der Waals surface area contributed by atoms with Crippen LogP contribution in [0.4, 0.5) is 13.2 Å². The minimum absolute atomic E-state index is 0.194. The lowest BCUT2D eigenvalue weighted by atomic mass is 10.3. The molecule has 2 aromatic rings. The fourth-order valence-electron chi connectivity index (χ4n) is 0.985. The van der Waals surface area contributed by atoms with Gasteiger partial charge in [-0.3, -0.25) is 0 Å². The lowest BCUT2D eigenvalue weighted by molar-refractivity contribution is -0.192. The van der Waals surface area contributed by atoms with Gasteiger partial charge in [-0.15, -0.1) is 35.8 Å². The highest BCUT2D eigenvalue weighted by Gasteiger charge is 2.38. The smallest absolute Gasteiger partial charge is 0.490 e. The number of ether oxygens (including phenoxy) is 1. The van der Waals surface area contributed by atoms with Crippen molar-refractivity contribution in [3.63, 3.8) is 0 Å². The van der Waals surface area contributed by atoms with Crippen LogP contribution < -0.4 is 4.74 Å². The van der Waals surface area contributed by atoms with Gasteiger partial charge in [0.05, 0.1) is 12.4 Å². The largest absolute Gasteiger partial charge is 0.497 e. The first-order valence-corrected chi connectivity index (χ1v) is 7.95. The number of halogens is 5. The fourth-order valence-corrected chi connectivity index (χ4v) is 1.16. The summed E-state index contributed by atoms with van der Waals surface area (Å²) in [5, 5.41) is 7.32. The second-order valence-electron chi connectivity index (χ2n) is 3.76. The van der Waals surface area contributed by atoms with Crippen molar-refractivity contribution in [1.82, 2.24) is 0 Å². The molecule has 0 radical (unpaired) electrons. The van der Waals surface area contributed by atoms with Gasteiger partial charge in [-0.05, 0) is 24.3 Å². The van der Waals surface area contributed by atoms with E-state index in [2.05, 4.69) is 12.6 Å². The maximum atomic E-state index is 10.6. The molecule has 0 spiro atoms. The minimum atomic E-state index is -5.08. The third-order valence-corrected chi connectivity index (χ3v) is 2.28. The first-order chi connectivity index (χ1) is 11.7. The summed E-state index contributed by atoms with van der Waals surface area (Å²) in [6, 6.07) is 19.5. The van der Waals surface area contributed by atoms with Crippen molar-refractivity contribution in [1.29, 1.82) is 0 Å². The van der Waals surface area contributed by atoms with E-state index in [4.69, 9.17) is 37.8 Å². The third kappa shape index (κ3) is 18.6. The molecule has 0 saturated heterocycles. The van der Waals surface area contributed by atoms with Gasteiger partial charge < -0.3 is 9.84 Å². The third-order valence-electron chi connectivity index (χ3n) is 1.98. The minimum Gasteiger partial charge on any atom is -0.497 e. The molecule has 0 unspecified atom stereocenters. The fraction of sp³-hybridized carbons (Fsp3) is 0.188. The Bertz CT molecular complexity index is 556. The Balaban J connectivity index is 0. The number of carboxylic acid groups (broad SMARTS) is 1. The standard InChI is InChI=1S/C7H8O.C6H6S.C2HF3O2.CH2Cl2/c1-8-7-5-3-2-4-6-7;7-6-4-2-1-3-5-6;3-2(4,5)1(6)7;2-1-3/h2-6H,1H3;1-5,7H;(H,6,7);1H2. The molecule has 9 heteroatoms. The number of methoxy groups -OCH3 is 1. The van der Waals surface area contributed by atoms with Crippen LogP contribution in [0.2, 0.25) is 0 Å².